The number of hydrogen-bond acceptors (Lipinski definition) is 3. The maximum atomic E-state index is 12.2. The molecule has 104 valence electrons. The lowest BCUT2D eigenvalue weighted by Crippen LogP contribution is -2.51. The Kier molecular flexibility index (Phi) is 5.44. The van der Waals surface area contributed by atoms with Gasteiger partial charge in [0.05, 0.1) is 16.8 Å². The van der Waals surface area contributed by atoms with Crippen LogP contribution in [0.25, 0.3) is 0 Å². The number of halogens is 2. The highest BCUT2D eigenvalue weighted by molar-refractivity contribution is 14.1. The molecule has 0 spiro atoms. The molecule has 0 radical (unpaired) electrons. The highest BCUT2D eigenvalue weighted by Crippen LogP contribution is 2.24. The summed E-state index contributed by atoms with van der Waals surface area (Å²) >= 11 is 8.31. The lowest BCUT2D eigenvalue weighted by atomic mass is 10.2. The van der Waals surface area contributed by atoms with Crippen LogP contribution >= 0.6 is 34.2 Å². The van der Waals surface area contributed by atoms with Gasteiger partial charge in [-0.25, -0.2) is 0 Å². The minimum atomic E-state index is -0.141. The zero-order chi connectivity index (χ0) is 13.8. The molecule has 1 aliphatic heterocycles. The average molecular weight is 394 g/mol. The van der Waals surface area contributed by atoms with Gasteiger partial charge >= 0.3 is 0 Å². The van der Waals surface area contributed by atoms with Crippen LogP contribution in [-0.2, 0) is 4.79 Å². The standard InChI is InChI=1S/C13H17ClIN3O/c1-9(18-6-4-16-5-7-18)13(19)17-12-3-2-10(15)8-11(12)14/h2-3,8-9,16H,4-7H2,1H3,(H,17,19). The van der Waals surface area contributed by atoms with E-state index >= 15 is 0 Å². The zero-order valence-corrected chi connectivity index (χ0v) is 13.7. The molecule has 0 saturated carbocycles. The van der Waals surface area contributed by atoms with Crippen molar-refractivity contribution in [3.05, 3.63) is 26.8 Å². The number of piperazine rings is 1. The molecule has 1 saturated heterocycles. The highest BCUT2D eigenvalue weighted by atomic mass is 127. The average Bonchev–Trinajstić information content (AvgIpc) is 2.42. The smallest absolute Gasteiger partial charge is 0.241 e. The zero-order valence-electron chi connectivity index (χ0n) is 10.7. The molecule has 1 aromatic rings. The summed E-state index contributed by atoms with van der Waals surface area (Å²) in [6.07, 6.45) is 0. The Hall–Kier alpha value is -0.370. The van der Waals surface area contributed by atoms with Gasteiger partial charge in [0, 0.05) is 29.7 Å². The summed E-state index contributed by atoms with van der Waals surface area (Å²) in [6.45, 7) is 5.59. The highest BCUT2D eigenvalue weighted by Gasteiger charge is 2.23. The molecule has 1 heterocycles. The molecule has 1 aliphatic rings. The molecule has 19 heavy (non-hydrogen) atoms. The molecule has 0 aliphatic carbocycles. The molecule has 2 rings (SSSR count). The SMILES string of the molecule is CC(C(=O)Nc1ccc(I)cc1Cl)N1CCNCC1. The van der Waals surface area contributed by atoms with Crippen molar-refractivity contribution in [2.24, 2.45) is 0 Å². The molecule has 1 fully saturated rings. The lowest BCUT2D eigenvalue weighted by molar-refractivity contribution is -0.120. The molecule has 1 aromatic carbocycles. The van der Waals surface area contributed by atoms with E-state index in [1.54, 1.807) is 0 Å². The van der Waals surface area contributed by atoms with Crippen LogP contribution in [0.5, 0.6) is 0 Å². The number of nitrogens with one attached hydrogen (secondary N) is 2. The normalized spacial score (nSPS) is 18.1. The van der Waals surface area contributed by atoms with Gasteiger partial charge in [-0.15, -0.1) is 0 Å². The third-order valence-corrected chi connectivity index (χ3v) is 4.25. The van der Waals surface area contributed by atoms with Crippen LogP contribution < -0.4 is 10.6 Å². The second-order valence-corrected chi connectivity index (χ2v) is 6.23. The van der Waals surface area contributed by atoms with E-state index in [1.165, 1.54) is 0 Å². The first-order chi connectivity index (χ1) is 9.08. The first kappa shape index (κ1) is 15.0. The van der Waals surface area contributed by atoms with Crippen molar-refractivity contribution in [3.8, 4) is 0 Å². The molecule has 6 heteroatoms. The van der Waals surface area contributed by atoms with Gasteiger partial charge in [0.25, 0.3) is 0 Å². The van der Waals surface area contributed by atoms with Gasteiger partial charge < -0.3 is 10.6 Å². The molecule has 1 atom stereocenters. The Labute approximate surface area is 132 Å². The maximum absolute atomic E-state index is 12.2. The Bertz CT molecular complexity index is 463. The third-order valence-electron chi connectivity index (χ3n) is 3.27. The van der Waals surface area contributed by atoms with E-state index in [4.69, 9.17) is 11.6 Å². The van der Waals surface area contributed by atoms with Crippen molar-refractivity contribution >= 4 is 45.8 Å². The summed E-state index contributed by atoms with van der Waals surface area (Å²) in [5.41, 5.74) is 0.675. The van der Waals surface area contributed by atoms with Crippen LogP contribution in [0.1, 0.15) is 6.92 Å². The Morgan fingerprint density at radius 2 is 2.16 bits per heavy atom. The van der Waals surface area contributed by atoms with Crippen LogP contribution in [0.4, 0.5) is 5.69 Å². The third kappa shape index (κ3) is 4.05. The lowest BCUT2D eigenvalue weighted by Gasteiger charge is -2.31. The van der Waals surface area contributed by atoms with Crippen molar-refractivity contribution in [1.29, 1.82) is 0 Å². The minimum absolute atomic E-state index is 0.00925. The molecule has 1 amide bonds. The molecule has 1 unspecified atom stereocenters. The summed E-state index contributed by atoms with van der Waals surface area (Å²) in [7, 11) is 0. The van der Waals surface area contributed by atoms with Crippen LogP contribution in [0, 0.1) is 3.57 Å². The number of anilines is 1. The van der Waals surface area contributed by atoms with Crippen LogP contribution in [0.3, 0.4) is 0 Å². The van der Waals surface area contributed by atoms with E-state index in [0.717, 1.165) is 29.7 Å². The van der Waals surface area contributed by atoms with Crippen molar-refractivity contribution < 1.29 is 4.79 Å². The number of amides is 1. The first-order valence-corrected chi connectivity index (χ1v) is 7.74. The number of benzene rings is 1. The molecule has 2 N–H and O–H groups in total. The monoisotopic (exact) mass is 393 g/mol. The summed E-state index contributed by atoms with van der Waals surface area (Å²) < 4.78 is 1.05. The van der Waals surface area contributed by atoms with E-state index in [-0.39, 0.29) is 11.9 Å². The minimum Gasteiger partial charge on any atom is -0.323 e. The first-order valence-electron chi connectivity index (χ1n) is 6.28. The predicted molar refractivity (Wildman–Crippen MR) is 86.7 cm³/mol. The second-order valence-electron chi connectivity index (χ2n) is 4.58. The van der Waals surface area contributed by atoms with Crippen LogP contribution in [-0.4, -0.2) is 43.0 Å². The fraction of sp³-hybridized carbons (Fsp3) is 0.462. The number of nitrogens with zero attached hydrogens (tertiary/aromatic N) is 1. The largest absolute Gasteiger partial charge is 0.323 e. The fourth-order valence-corrected chi connectivity index (χ4v) is 2.97. The topological polar surface area (TPSA) is 44.4 Å². The number of hydrogen-bond donors (Lipinski definition) is 2. The van der Waals surface area contributed by atoms with Gasteiger partial charge in [-0.05, 0) is 47.7 Å². The van der Waals surface area contributed by atoms with E-state index in [1.807, 2.05) is 25.1 Å². The molecular formula is C13H17ClIN3O. The molecule has 0 bridgehead atoms. The summed E-state index contributed by atoms with van der Waals surface area (Å²) in [5.74, 6) is -0.00925. The number of rotatable bonds is 3. The molecule has 0 aromatic heterocycles. The number of carbonyl (C=O) groups is 1. The van der Waals surface area contributed by atoms with E-state index in [0.29, 0.717) is 10.7 Å². The van der Waals surface area contributed by atoms with Crippen molar-refractivity contribution in [1.82, 2.24) is 10.2 Å². The number of carbonyl (C=O) groups excluding carboxylic acids is 1. The Balaban J connectivity index is 1.99. The summed E-state index contributed by atoms with van der Waals surface area (Å²) in [6, 6.07) is 5.47. The Morgan fingerprint density at radius 1 is 1.47 bits per heavy atom. The van der Waals surface area contributed by atoms with Crippen molar-refractivity contribution in [2.75, 3.05) is 31.5 Å². The van der Waals surface area contributed by atoms with E-state index in [2.05, 4.69) is 38.1 Å². The van der Waals surface area contributed by atoms with Gasteiger partial charge in [-0.3, -0.25) is 9.69 Å². The van der Waals surface area contributed by atoms with Crippen molar-refractivity contribution in [2.45, 2.75) is 13.0 Å². The predicted octanol–water partition coefficient (Wildman–Crippen LogP) is 2.18. The molecular weight excluding hydrogens is 377 g/mol. The molecule has 4 nitrogen and oxygen atoms in total. The van der Waals surface area contributed by atoms with Gasteiger partial charge in [0.15, 0.2) is 0 Å². The summed E-state index contributed by atoms with van der Waals surface area (Å²) in [4.78, 5) is 14.4. The van der Waals surface area contributed by atoms with Gasteiger partial charge in [0.2, 0.25) is 5.91 Å². The van der Waals surface area contributed by atoms with Crippen molar-refractivity contribution in [3.63, 3.8) is 0 Å². The van der Waals surface area contributed by atoms with Crippen LogP contribution in [0.2, 0.25) is 5.02 Å². The van der Waals surface area contributed by atoms with E-state index in [9.17, 15) is 4.79 Å². The van der Waals surface area contributed by atoms with Gasteiger partial charge in [0.1, 0.15) is 0 Å². The van der Waals surface area contributed by atoms with Gasteiger partial charge in [-0.1, -0.05) is 11.6 Å². The maximum Gasteiger partial charge on any atom is 0.241 e. The fourth-order valence-electron chi connectivity index (χ4n) is 2.06. The van der Waals surface area contributed by atoms with Crippen LogP contribution in [0.15, 0.2) is 18.2 Å². The second kappa shape index (κ2) is 6.88. The van der Waals surface area contributed by atoms with E-state index < -0.39 is 0 Å². The Morgan fingerprint density at radius 3 is 2.79 bits per heavy atom. The quantitative estimate of drug-likeness (QED) is 0.774. The summed E-state index contributed by atoms with van der Waals surface area (Å²) in [5, 5.41) is 6.75. The van der Waals surface area contributed by atoms with Gasteiger partial charge in [-0.2, -0.15) is 0 Å².